The molecule has 0 radical (unpaired) electrons. The lowest BCUT2D eigenvalue weighted by atomic mass is 9.88. The van der Waals surface area contributed by atoms with Crippen molar-refractivity contribution in [1.82, 2.24) is 5.32 Å². The molecule has 0 fully saturated rings. The number of para-hydroxylation sites is 1. The van der Waals surface area contributed by atoms with Crippen LogP contribution in [0.25, 0.3) is 0 Å². The molecule has 4 rings (SSSR count). The van der Waals surface area contributed by atoms with Crippen molar-refractivity contribution in [2.45, 2.75) is 12.5 Å². The third kappa shape index (κ3) is 4.35. The second kappa shape index (κ2) is 9.18. The van der Waals surface area contributed by atoms with Crippen molar-refractivity contribution in [1.29, 1.82) is 0 Å². The highest BCUT2D eigenvalue weighted by molar-refractivity contribution is 6.36. The van der Waals surface area contributed by atoms with Crippen LogP contribution in [0.1, 0.15) is 28.3 Å². The fourth-order valence-electron chi connectivity index (χ4n) is 3.83. The molecule has 3 aromatic rings. The SMILES string of the molecule is COc1cc2c(cc1OC)C(c1ccccc1N=Cc1cc(Cl)cc(Cl)c1O)NCC2. The molecule has 1 unspecified atom stereocenters. The van der Waals surface area contributed by atoms with Crippen molar-refractivity contribution in [3.05, 3.63) is 80.8 Å². The summed E-state index contributed by atoms with van der Waals surface area (Å²) in [6.45, 7) is 0.829. The molecule has 1 heterocycles. The topological polar surface area (TPSA) is 63.1 Å². The zero-order valence-corrected chi connectivity index (χ0v) is 18.7. The van der Waals surface area contributed by atoms with Crippen LogP contribution in [0.15, 0.2) is 53.5 Å². The van der Waals surface area contributed by atoms with E-state index in [2.05, 4.69) is 10.3 Å². The van der Waals surface area contributed by atoms with Crippen LogP contribution in [0.5, 0.6) is 17.2 Å². The summed E-state index contributed by atoms with van der Waals surface area (Å²) in [5.74, 6) is 1.36. The van der Waals surface area contributed by atoms with Crippen molar-refractivity contribution in [3.63, 3.8) is 0 Å². The van der Waals surface area contributed by atoms with Crippen LogP contribution in [-0.4, -0.2) is 32.1 Å². The molecule has 31 heavy (non-hydrogen) atoms. The first-order valence-corrected chi connectivity index (χ1v) is 10.6. The number of aromatic hydroxyl groups is 1. The predicted molar refractivity (Wildman–Crippen MR) is 125 cm³/mol. The molecule has 0 saturated heterocycles. The molecule has 2 N–H and O–H groups in total. The molecule has 0 aliphatic carbocycles. The molecule has 160 valence electrons. The lowest BCUT2D eigenvalue weighted by molar-refractivity contribution is 0.353. The maximum Gasteiger partial charge on any atom is 0.161 e. The third-order valence-electron chi connectivity index (χ3n) is 5.35. The molecule has 0 aromatic heterocycles. The molecule has 7 heteroatoms. The minimum atomic E-state index is -0.0616. The molecule has 0 bridgehead atoms. The second-order valence-electron chi connectivity index (χ2n) is 7.19. The summed E-state index contributed by atoms with van der Waals surface area (Å²) in [7, 11) is 3.28. The average Bonchev–Trinajstić information content (AvgIpc) is 2.79. The van der Waals surface area contributed by atoms with Crippen LogP contribution in [0.2, 0.25) is 10.0 Å². The Bertz CT molecular complexity index is 1150. The van der Waals surface area contributed by atoms with Crippen LogP contribution < -0.4 is 14.8 Å². The first-order valence-electron chi connectivity index (χ1n) is 9.81. The van der Waals surface area contributed by atoms with E-state index in [1.54, 1.807) is 26.5 Å². The van der Waals surface area contributed by atoms with E-state index < -0.39 is 0 Å². The Labute approximate surface area is 191 Å². The number of hydrogen-bond donors (Lipinski definition) is 2. The summed E-state index contributed by atoms with van der Waals surface area (Å²) in [6, 6.07) is 15.0. The Kier molecular flexibility index (Phi) is 6.37. The van der Waals surface area contributed by atoms with Crippen LogP contribution in [0, 0.1) is 0 Å². The van der Waals surface area contributed by atoms with Gasteiger partial charge in [-0.1, -0.05) is 41.4 Å². The summed E-state index contributed by atoms with van der Waals surface area (Å²) in [5, 5.41) is 14.4. The number of hydrogen-bond acceptors (Lipinski definition) is 5. The number of nitrogens with zero attached hydrogens (tertiary/aromatic N) is 1. The third-order valence-corrected chi connectivity index (χ3v) is 5.85. The second-order valence-corrected chi connectivity index (χ2v) is 8.03. The van der Waals surface area contributed by atoms with Gasteiger partial charge in [0.15, 0.2) is 11.5 Å². The van der Waals surface area contributed by atoms with Gasteiger partial charge in [0.25, 0.3) is 0 Å². The van der Waals surface area contributed by atoms with E-state index in [-0.39, 0.29) is 16.8 Å². The Morgan fingerprint density at radius 2 is 1.77 bits per heavy atom. The molecule has 1 aliphatic rings. The van der Waals surface area contributed by atoms with Gasteiger partial charge >= 0.3 is 0 Å². The predicted octanol–water partition coefficient (Wildman–Crippen LogP) is 5.70. The van der Waals surface area contributed by atoms with Gasteiger partial charge in [0, 0.05) is 23.3 Å². The largest absolute Gasteiger partial charge is 0.506 e. The average molecular weight is 457 g/mol. The number of ether oxygens (including phenoxy) is 2. The Morgan fingerprint density at radius 3 is 2.55 bits per heavy atom. The number of fused-ring (bicyclic) bond motifs is 1. The number of nitrogens with one attached hydrogen (secondary N) is 1. The van der Waals surface area contributed by atoms with Crippen molar-refractivity contribution >= 4 is 35.1 Å². The minimum absolute atomic E-state index is 0.0507. The van der Waals surface area contributed by atoms with E-state index in [0.717, 1.165) is 35.5 Å². The summed E-state index contributed by atoms with van der Waals surface area (Å²) in [4.78, 5) is 4.65. The molecule has 5 nitrogen and oxygen atoms in total. The fourth-order valence-corrected chi connectivity index (χ4v) is 4.34. The highest BCUT2D eigenvalue weighted by Crippen LogP contribution is 2.40. The summed E-state index contributed by atoms with van der Waals surface area (Å²) < 4.78 is 11.0. The Balaban J connectivity index is 1.76. The van der Waals surface area contributed by atoms with Crippen molar-refractivity contribution in [3.8, 4) is 17.2 Å². The van der Waals surface area contributed by atoms with Gasteiger partial charge in [0.2, 0.25) is 0 Å². The molecule has 3 aromatic carbocycles. The van der Waals surface area contributed by atoms with E-state index in [9.17, 15) is 5.11 Å². The first-order chi connectivity index (χ1) is 15.0. The van der Waals surface area contributed by atoms with Crippen LogP contribution in [-0.2, 0) is 6.42 Å². The van der Waals surface area contributed by atoms with Crippen molar-refractivity contribution in [2.75, 3.05) is 20.8 Å². The fraction of sp³-hybridized carbons (Fsp3) is 0.208. The number of halogens is 2. The molecular weight excluding hydrogens is 435 g/mol. The lowest BCUT2D eigenvalue weighted by Gasteiger charge is -2.29. The summed E-state index contributed by atoms with van der Waals surface area (Å²) in [5.41, 5.74) is 4.58. The van der Waals surface area contributed by atoms with Gasteiger partial charge in [-0.25, -0.2) is 0 Å². The first kappa shape index (κ1) is 21.5. The number of aliphatic imine (C=N–C) groups is 1. The maximum atomic E-state index is 10.2. The molecule has 0 saturated carbocycles. The molecular formula is C24H22Cl2N2O3. The van der Waals surface area contributed by atoms with Gasteiger partial charge in [0.1, 0.15) is 5.75 Å². The molecule has 1 aliphatic heterocycles. The van der Waals surface area contributed by atoms with Crippen LogP contribution >= 0.6 is 23.2 Å². The Morgan fingerprint density at radius 1 is 1.03 bits per heavy atom. The molecule has 1 atom stereocenters. The lowest BCUT2D eigenvalue weighted by Crippen LogP contribution is -2.30. The van der Waals surface area contributed by atoms with Gasteiger partial charge in [-0.05, 0) is 53.4 Å². The summed E-state index contributed by atoms with van der Waals surface area (Å²) in [6.07, 6.45) is 2.47. The number of methoxy groups -OCH3 is 2. The van der Waals surface area contributed by atoms with E-state index >= 15 is 0 Å². The van der Waals surface area contributed by atoms with E-state index in [4.69, 9.17) is 32.7 Å². The van der Waals surface area contributed by atoms with Crippen molar-refractivity contribution < 1.29 is 14.6 Å². The number of phenols is 1. The zero-order chi connectivity index (χ0) is 22.0. The number of rotatable bonds is 5. The number of benzene rings is 3. The molecule has 0 spiro atoms. The van der Waals surface area contributed by atoms with Gasteiger partial charge in [-0.2, -0.15) is 0 Å². The van der Waals surface area contributed by atoms with Crippen molar-refractivity contribution in [2.24, 2.45) is 4.99 Å². The van der Waals surface area contributed by atoms with E-state index in [1.807, 2.05) is 36.4 Å². The number of phenolic OH excluding ortho intramolecular Hbond substituents is 1. The quantitative estimate of drug-likeness (QED) is 0.483. The highest BCUT2D eigenvalue weighted by atomic mass is 35.5. The maximum absolute atomic E-state index is 10.2. The van der Waals surface area contributed by atoms with E-state index in [1.165, 1.54) is 11.6 Å². The van der Waals surface area contributed by atoms with Crippen LogP contribution in [0.4, 0.5) is 5.69 Å². The molecule has 0 amide bonds. The van der Waals surface area contributed by atoms with Gasteiger partial charge in [0.05, 0.1) is 31.0 Å². The summed E-state index contributed by atoms with van der Waals surface area (Å²) >= 11 is 12.1. The smallest absolute Gasteiger partial charge is 0.161 e. The highest BCUT2D eigenvalue weighted by Gasteiger charge is 2.25. The van der Waals surface area contributed by atoms with Gasteiger partial charge in [-0.15, -0.1) is 0 Å². The standard InChI is InChI=1S/C24H22Cl2N2O3/c1-30-21-10-14-7-8-27-23(18(14)12-22(21)31-2)17-5-3-4-6-20(17)28-13-15-9-16(25)11-19(26)24(15)29/h3-6,9-13,23,27,29H,7-8H2,1-2H3. The monoisotopic (exact) mass is 456 g/mol. The normalized spacial score (nSPS) is 15.7. The Hall–Kier alpha value is -2.73. The van der Waals surface area contributed by atoms with Gasteiger partial charge < -0.3 is 19.9 Å². The minimum Gasteiger partial charge on any atom is -0.506 e. The van der Waals surface area contributed by atoms with E-state index in [0.29, 0.717) is 16.3 Å². The van der Waals surface area contributed by atoms with Gasteiger partial charge in [-0.3, -0.25) is 4.99 Å². The zero-order valence-electron chi connectivity index (χ0n) is 17.2. The van der Waals surface area contributed by atoms with Crippen LogP contribution in [0.3, 0.4) is 0 Å².